The molecule has 7 heteroatoms. The molecule has 0 atom stereocenters. The van der Waals surface area contributed by atoms with Crippen molar-refractivity contribution >= 4 is 17.8 Å². The maximum atomic E-state index is 10.6. The van der Waals surface area contributed by atoms with Gasteiger partial charge in [-0.05, 0) is 12.1 Å². The molecule has 1 saturated heterocycles. The van der Waals surface area contributed by atoms with Crippen molar-refractivity contribution in [2.75, 3.05) is 6.73 Å². The highest BCUT2D eigenvalue weighted by atomic mass is 16.4. The summed E-state index contributed by atoms with van der Waals surface area (Å²) < 4.78 is 0. The molecule has 0 radical (unpaired) electrons. The lowest BCUT2D eigenvalue weighted by Crippen LogP contribution is -2.29. The normalized spacial score (nSPS) is 14.2. The Morgan fingerprint density at radius 3 is 2.00 bits per heavy atom. The lowest BCUT2D eigenvalue weighted by atomic mass is 10.3. The molecule has 7 nitrogen and oxygen atoms in total. The van der Waals surface area contributed by atoms with Gasteiger partial charge in [0.1, 0.15) is 6.73 Å². The Kier molecular flexibility index (Phi) is 4.94. The van der Waals surface area contributed by atoms with Gasteiger partial charge in [-0.25, -0.2) is 4.79 Å². The van der Waals surface area contributed by atoms with Crippen LogP contribution in [0.3, 0.4) is 0 Å². The third-order valence-corrected chi connectivity index (χ3v) is 2.22. The number of nitrogens with zero attached hydrogens (tertiary/aromatic N) is 2. The van der Waals surface area contributed by atoms with E-state index in [4.69, 9.17) is 10.2 Å². The minimum absolute atomic E-state index is 0.249. The second-order valence-electron chi connectivity index (χ2n) is 3.40. The number of aliphatic hydroxyl groups is 1. The monoisotopic (exact) mass is 252 g/mol. The lowest BCUT2D eigenvalue weighted by Gasteiger charge is -2.06. The van der Waals surface area contributed by atoms with Crippen LogP contribution < -0.4 is 0 Å². The Hall–Kier alpha value is -2.28. The first-order chi connectivity index (χ1) is 8.56. The van der Waals surface area contributed by atoms with E-state index in [0.29, 0.717) is 0 Å². The number of hydrogen-bond acceptors (Lipinski definition) is 5. The number of likely N-dealkylation sites (tertiary alicyclic amines) is 1. The predicted molar refractivity (Wildman–Crippen MR) is 59.4 cm³/mol. The highest BCUT2D eigenvalue weighted by molar-refractivity contribution is 6.01. The summed E-state index contributed by atoms with van der Waals surface area (Å²) in [7, 11) is 0. The summed E-state index contributed by atoms with van der Waals surface area (Å²) in [4.78, 5) is 35.8. The Labute approximate surface area is 103 Å². The molecule has 1 fully saturated rings. The number of aromatic carboxylic acids is 1. The fourth-order valence-corrected chi connectivity index (χ4v) is 1.28. The molecule has 2 amide bonds. The number of carbonyl (C=O) groups is 3. The fourth-order valence-electron chi connectivity index (χ4n) is 1.28. The highest BCUT2D eigenvalue weighted by Crippen LogP contribution is 2.09. The van der Waals surface area contributed by atoms with Gasteiger partial charge in [0.15, 0.2) is 0 Å². The molecule has 1 aromatic heterocycles. The summed E-state index contributed by atoms with van der Waals surface area (Å²) in [6.07, 6.45) is 3.39. The van der Waals surface area contributed by atoms with E-state index in [-0.39, 0.29) is 30.2 Å². The average Bonchev–Trinajstić information content (AvgIpc) is 2.70. The zero-order chi connectivity index (χ0) is 13.5. The molecular formula is C11H12N2O5. The maximum Gasteiger partial charge on any atom is 0.335 e. The zero-order valence-corrected chi connectivity index (χ0v) is 9.44. The minimum Gasteiger partial charge on any atom is -0.478 e. The standard InChI is InChI=1S/C6H5NO2.C5H7NO3/c8-6(9)5-1-3-7-4-2-5;7-3-6-4(8)1-2-5(6)9/h1-4H,(H,8,9);7H,1-3H2. The van der Waals surface area contributed by atoms with E-state index >= 15 is 0 Å². The molecule has 1 aliphatic rings. The van der Waals surface area contributed by atoms with Gasteiger partial charge >= 0.3 is 5.97 Å². The summed E-state index contributed by atoms with van der Waals surface area (Å²) in [5, 5.41) is 16.7. The number of amides is 2. The quantitative estimate of drug-likeness (QED) is 0.709. The van der Waals surface area contributed by atoms with Gasteiger partial charge < -0.3 is 10.2 Å². The van der Waals surface area contributed by atoms with Gasteiger partial charge in [-0.1, -0.05) is 0 Å². The minimum atomic E-state index is -0.919. The van der Waals surface area contributed by atoms with Crippen LogP contribution in [0, 0.1) is 0 Å². The smallest absolute Gasteiger partial charge is 0.335 e. The average molecular weight is 252 g/mol. The molecule has 0 saturated carbocycles. The number of hydrogen-bond donors (Lipinski definition) is 2. The summed E-state index contributed by atoms with van der Waals surface area (Å²) in [5.41, 5.74) is 0.269. The summed E-state index contributed by atoms with van der Waals surface area (Å²) in [6, 6.07) is 2.89. The Morgan fingerprint density at radius 2 is 1.72 bits per heavy atom. The van der Waals surface area contributed by atoms with Crippen LogP contribution in [0.2, 0.25) is 0 Å². The molecule has 96 valence electrons. The third kappa shape index (κ3) is 3.63. The van der Waals surface area contributed by atoms with Gasteiger partial charge in [0, 0.05) is 25.2 Å². The van der Waals surface area contributed by atoms with Crippen LogP contribution in [0.15, 0.2) is 24.5 Å². The lowest BCUT2D eigenvalue weighted by molar-refractivity contribution is -0.142. The number of carbonyl (C=O) groups excluding carboxylic acids is 2. The molecular weight excluding hydrogens is 240 g/mol. The molecule has 18 heavy (non-hydrogen) atoms. The fraction of sp³-hybridized carbons (Fsp3) is 0.273. The second-order valence-corrected chi connectivity index (χ2v) is 3.40. The number of pyridine rings is 1. The molecule has 0 unspecified atom stereocenters. The van der Waals surface area contributed by atoms with Crippen LogP contribution in [0.4, 0.5) is 0 Å². The number of imide groups is 1. The van der Waals surface area contributed by atoms with Crippen LogP contribution in [0.1, 0.15) is 23.2 Å². The first kappa shape index (κ1) is 13.8. The van der Waals surface area contributed by atoms with Crippen molar-refractivity contribution in [3.63, 3.8) is 0 Å². The van der Waals surface area contributed by atoms with Gasteiger partial charge in [-0.15, -0.1) is 0 Å². The van der Waals surface area contributed by atoms with Gasteiger partial charge in [0.2, 0.25) is 11.8 Å². The third-order valence-electron chi connectivity index (χ3n) is 2.22. The number of aromatic nitrogens is 1. The van der Waals surface area contributed by atoms with Crippen LogP contribution in [-0.2, 0) is 9.59 Å². The first-order valence-corrected chi connectivity index (χ1v) is 5.13. The van der Waals surface area contributed by atoms with Gasteiger partial charge in [0.05, 0.1) is 5.56 Å². The second kappa shape index (κ2) is 6.45. The van der Waals surface area contributed by atoms with Crippen molar-refractivity contribution < 1.29 is 24.6 Å². The summed E-state index contributed by atoms with van der Waals surface area (Å²) in [6.45, 7) is -0.475. The van der Waals surface area contributed by atoms with Crippen molar-refractivity contribution in [3.05, 3.63) is 30.1 Å². The first-order valence-electron chi connectivity index (χ1n) is 5.13. The van der Waals surface area contributed by atoms with Crippen LogP contribution in [-0.4, -0.2) is 44.6 Å². The predicted octanol–water partition coefficient (Wildman–Crippen LogP) is -0.135. The van der Waals surface area contributed by atoms with Gasteiger partial charge in [-0.3, -0.25) is 19.5 Å². The molecule has 1 aliphatic heterocycles. The molecule has 0 aliphatic carbocycles. The summed E-state index contributed by atoms with van der Waals surface area (Å²) in [5.74, 6) is -1.47. The van der Waals surface area contributed by atoms with Crippen molar-refractivity contribution in [1.29, 1.82) is 0 Å². The Morgan fingerprint density at radius 1 is 1.22 bits per heavy atom. The maximum absolute atomic E-state index is 10.6. The van der Waals surface area contributed by atoms with Crippen molar-refractivity contribution in [3.8, 4) is 0 Å². The zero-order valence-electron chi connectivity index (χ0n) is 9.44. The van der Waals surface area contributed by atoms with Gasteiger partial charge in [0.25, 0.3) is 0 Å². The molecule has 0 aromatic carbocycles. The SMILES string of the molecule is O=C(O)c1ccncc1.O=C1CCC(=O)N1CO. The Bertz CT molecular complexity index is 430. The van der Waals surface area contributed by atoms with Crippen LogP contribution in [0.25, 0.3) is 0 Å². The van der Waals surface area contributed by atoms with Crippen molar-refractivity contribution in [1.82, 2.24) is 9.88 Å². The summed E-state index contributed by atoms with van der Waals surface area (Å²) >= 11 is 0. The van der Waals surface area contributed by atoms with E-state index in [1.54, 1.807) is 0 Å². The van der Waals surface area contributed by atoms with Crippen LogP contribution in [0.5, 0.6) is 0 Å². The number of rotatable bonds is 2. The van der Waals surface area contributed by atoms with Crippen molar-refractivity contribution in [2.24, 2.45) is 0 Å². The van der Waals surface area contributed by atoms with E-state index in [0.717, 1.165) is 4.90 Å². The van der Waals surface area contributed by atoms with Gasteiger partial charge in [-0.2, -0.15) is 0 Å². The van der Waals surface area contributed by atoms with E-state index in [2.05, 4.69) is 4.98 Å². The molecule has 1 aromatic rings. The number of carboxylic acids is 1. The number of aliphatic hydroxyl groups excluding tert-OH is 1. The molecule has 0 spiro atoms. The largest absolute Gasteiger partial charge is 0.478 e. The highest BCUT2D eigenvalue weighted by Gasteiger charge is 2.27. The molecule has 0 bridgehead atoms. The van der Waals surface area contributed by atoms with E-state index in [9.17, 15) is 14.4 Å². The molecule has 2 heterocycles. The topological polar surface area (TPSA) is 108 Å². The molecule has 2 rings (SSSR count). The van der Waals surface area contributed by atoms with E-state index < -0.39 is 12.7 Å². The Balaban J connectivity index is 0.000000180. The van der Waals surface area contributed by atoms with Crippen molar-refractivity contribution in [2.45, 2.75) is 12.8 Å². The number of carboxylic acid groups (broad SMARTS) is 1. The molecule has 2 N–H and O–H groups in total. The van der Waals surface area contributed by atoms with E-state index in [1.807, 2.05) is 0 Å². The van der Waals surface area contributed by atoms with Crippen LogP contribution >= 0.6 is 0 Å². The van der Waals surface area contributed by atoms with E-state index in [1.165, 1.54) is 24.5 Å².